The first-order chi connectivity index (χ1) is 12.8. The summed E-state index contributed by atoms with van der Waals surface area (Å²) < 4.78 is 0. The molecule has 1 aliphatic heterocycles. The Morgan fingerprint density at radius 1 is 1.37 bits per heavy atom. The zero-order chi connectivity index (χ0) is 19.6. The van der Waals surface area contributed by atoms with Crippen molar-refractivity contribution in [2.45, 2.75) is 12.0 Å². The van der Waals surface area contributed by atoms with Crippen molar-refractivity contribution in [2.24, 2.45) is 0 Å². The minimum Gasteiger partial charge on any atom is -0.368 e. The van der Waals surface area contributed by atoms with Crippen molar-refractivity contribution in [1.82, 2.24) is 14.9 Å². The van der Waals surface area contributed by atoms with Crippen LogP contribution in [0.3, 0.4) is 0 Å². The summed E-state index contributed by atoms with van der Waals surface area (Å²) in [7, 11) is 3.29. The van der Waals surface area contributed by atoms with E-state index in [1.807, 2.05) is 0 Å². The minimum atomic E-state index is -1.99. The summed E-state index contributed by atoms with van der Waals surface area (Å²) in [6.07, 6.45) is 1.55. The van der Waals surface area contributed by atoms with E-state index in [4.69, 9.17) is 5.26 Å². The Bertz CT molecular complexity index is 939. The van der Waals surface area contributed by atoms with Crippen LogP contribution in [0.1, 0.15) is 16.9 Å². The van der Waals surface area contributed by atoms with E-state index in [1.54, 1.807) is 50.5 Å². The molecule has 3 rings (SSSR count). The van der Waals surface area contributed by atoms with Crippen LogP contribution in [0.2, 0.25) is 0 Å². The molecule has 1 fully saturated rings. The second-order valence-corrected chi connectivity index (χ2v) is 6.31. The Morgan fingerprint density at radius 3 is 2.81 bits per heavy atom. The van der Waals surface area contributed by atoms with Gasteiger partial charge in [-0.25, -0.2) is 9.97 Å². The molecule has 2 amide bonds. The lowest BCUT2D eigenvalue weighted by atomic mass is 10.1. The van der Waals surface area contributed by atoms with Gasteiger partial charge in [0.1, 0.15) is 23.4 Å². The zero-order valence-corrected chi connectivity index (χ0v) is 14.9. The van der Waals surface area contributed by atoms with Gasteiger partial charge in [-0.05, 0) is 18.2 Å². The van der Waals surface area contributed by atoms with Gasteiger partial charge in [-0.1, -0.05) is 6.07 Å². The van der Waals surface area contributed by atoms with E-state index in [2.05, 4.69) is 15.3 Å². The third kappa shape index (κ3) is 3.56. The largest absolute Gasteiger partial charge is 0.368 e. The minimum absolute atomic E-state index is 0.0453. The molecule has 1 saturated heterocycles. The first kappa shape index (κ1) is 18.3. The zero-order valence-electron chi connectivity index (χ0n) is 14.9. The molecule has 2 aromatic rings. The lowest BCUT2D eigenvalue weighted by molar-refractivity contribution is -0.128. The second-order valence-electron chi connectivity index (χ2n) is 6.31. The molecule has 9 heteroatoms. The topological polar surface area (TPSA) is 122 Å². The fourth-order valence-corrected chi connectivity index (χ4v) is 2.69. The molecule has 2 aromatic heterocycles. The number of amides is 2. The average Bonchev–Trinajstić information content (AvgIpc) is 2.97. The molecule has 1 atom stereocenters. The number of rotatable bonds is 4. The molecule has 1 aliphatic rings. The smallest absolute Gasteiger partial charge is 0.273 e. The third-order valence-corrected chi connectivity index (χ3v) is 4.17. The molecule has 9 nitrogen and oxygen atoms in total. The van der Waals surface area contributed by atoms with Gasteiger partial charge in [0, 0.05) is 45.0 Å². The molecule has 0 bridgehead atoms. The number of carbonyl (C=O) groups is 2. The van der Waals surface area contributed by atoms with E-state index >= 15 is 0 Å². The van der Waals surface area contributed by atoms with Gasteiger partial charge >= 0.3 is 0 Å². The van der Waals surface area contributed by atoms with Gasteiger partial charge in [0.25, 0.3) is 11.8 Å². The number of nitrogens with one attached hydrogen (secondary N) is 1. The summed E-state index contributed by atoms with van der Waals surface area (Å²) in [5, 5.41) is 22.0. The predicted molar refractivity (Wildman–Crippen MR) is 97.3 cm³/mol. The predicted octanol–water partition coefficient (Wildman–Crippen LogP) is 0.913. The Balaban J connectivity index is 1.82. The summed E-state index contributed by atoms with van der Waals surface area (Å²) in [4.78, 5) is 35.5. The van der Waals surface area contributed by atoms with E-state index in [0.717, 1.165) is 0 Å². The van der Waals surface area contributed by atoms with E-state index in [1.165, 1.54) is 16.0 Å². The Kier molecular flexibility index (Phi) is 4.75. The molecular weight excluding hydrogens is 348 g/mol. The molecule has 0 spiro atoms. The monoisotopic (exact) mass is 366 g/mol. The second kappa shape index (κ2) is 7.01. The van der Waals surface area contributed by atoms with Crippen LogP contribution in [-0.4, -0.2) is 58.0 Å². The van der Waals surface area contributed by atoms with Crippen LogP contribution in [-0.2, 0) is 4.79 Å². The highest BCUT2D eigenvalue weighted by Crippen LogP contribution is 2.29. The van der Waals surface area contributed by atoms with Crippen LogP contribution in [0.15, 0.2) is 36.5 Å². The van der Waals surface area contributed by atoms with Crippen LogP contribution < -0.4 is 10.2 Å². The molecule has 0 unspecified atom stereocenters. The molecule has 3 heterocycles. The fourth-order valence-electron chi connectivity index (χ4n) is 2.69. The van der Waals surface area contributed by atoms with E-state index in [-0.39, 0.29) is 24.6 Å². The number of hydrogen-bond acceptors (Lipinski definition) is 7. The number of hydrogen-bond donors (Lipinski definition) is 2. The van der Waals surface area contributed by atoms with Gasteiger partial charge in [0.2, 0.25) is 5.60 Å². The van der Waals surface area contributed by atoms with Crippen LogP contribution in [0.4, 0.5) is 17.3 Å². The summed E-state index contributed by atoms with van der Waals surface area (Å²) in [6.45, 7) is 0.234. The van der Waals surface area contributed by atoms with Crippen LogP contribution in [0.25, 0.3) is 0 Å². The highest BCUT2D eigenvalue weighted by molar-refractivity contribution is 6.03. The fraction of sp³-hybridized carbons (Fsp3) is 0.278. The number of anilines is 3. The first-order valence-corrected chi connectivity index (χ1v) is 8.21. The van der Waals surface area contributed by atoms with Gasteiger partial charge in [0.15, 0.2) is 0 Å². The quantitative estimate of drug-likeness (QED) is 0.771. The summed E-state index contributed by atoms with van der Waals surface area (Å²) >= 11 is 0. The van der Waals surface area contributed by atoms with E-state index in [0.29, 0.717) is 17.3 Å². The molecule has 138 valence electrons. The number of carbonyl (C=O) groups excluding carboxylic acids is 2. The molecule has 2 N–H and O–H groups in total. The normalized spacial score (nSPS) is 18.9. The standard InChI is InChI=1S/C18H18N6O3/c1-23(2)16(25)13-4-3-5-14(21-13)22-15-10-12(6-8-20-15)24-9-7-18(27,11-19)17(24)26/h3-6,8,10,27H,7,9H2,1-2H3,(H,20,21,22)/t18-/m0/s1. The maximum Gasteiger partial charge on any atom is 0.273 e. The maximum absolute atomic E-state index is 12.3. The maximum atomic E-state index is 12.3. The number of nitrogens with zero attached hydrogens (tertiary/aromatic N) is 5. The Labute approximate surface area is 155 Å². The SMILES string of the molecule is CN(C)C(=O)c1cccc(Nc2cc(N3CC[C@](O)(C#N)C3=O)ccn2)n1. The molecule has 0 aliphatic carbocycles. The van der Waals surface area contributed by atoms with Crippen LogP contribution in [0.5, 0.6) is 0 Å². The molecule has 0 aromatic carbocycles. The summed E-state index contributed by atoms with van der Waals surface area (Å²) in [5.41, 5.74) is -1.20. The number of nitriles is 1. The number of aromatic nitrogens is 2. The summed E-state index contributed by atoms with van der Waals surface area (Å²) in [6, 6.07) is 9.89. The van der Waals surface area contributed by atoms with E-state index < -0.39 is 11.5 Å². The van der Waals surface area contributed by atoms with Gasteiger partial charge in [-0.3, -0.25) is 9.59 Å². The van der Waals surface area contributed by atoms with Crippen molar-refractivity contribution in [3.63, 3.8) is 0 Å². The van der Waals surface area contributed by atoms with Crippen molar-refractivity contribution in [1.29, 1.82) is 5.26 Å². The number of pyridine rings is 2. The average molecular weight is 366 g/mol. The highest BCUT2D eigenvalue weighted by Gasteiger charge is 2.46. The Morgan fingerprint density at radius 2 is 2.15 bits per heavy atom. The summed E-state index contributed by atoms with van der Waals surface area (Å²) in [5.74, 6) is -0.0408. The Hall–Kier alpha value is -3.51. The highest BCUT2D eigenvalue weighted by atomic mass is 16.3. The molecule has 0 radical (unpaired) electrons. The molecule has 0 saturated carbocycles. The lowest BCUT2D eigenvalue weighted by Gasteiger charge is -2.18. The third-order valence-electron chi connectivity index (χ3n) is 4.17. The van der Waals surface area contributed by atoms with E-state index in [9.17, 15) is 14.7 Å². The van der Waals surface area contributed by atoms with Crippen molar-refractivity contribution >= 4 is 29.1 Å². The van der Waals surface area contributed by atoms with Gasteiger partial charge in [-0.2, -0.15) is 5.26 Å². The number of aliphatic hydroxyl groups is 1. The van der Waals surface area contributed by atoms with Crippen molar-refractivity contribution in [2.75, 3.05) is 30.9 Å². The van der Waals surface area contributed by atoms with Crippen molar-refractivity contribution in [3.05, 3.63) is 42.2 Å². The van der Waals surface area contributed by atoms with Crippen LogP contribution in [0, 0.1) is 11.3 Å². The van der Waals surface area contributed by atoms with Gasteiger partial charge in [-0.15, -0.1) is 0 Å². The molecular formula is C18H18N6O3. The molecule has 27 heavy (non-hydrogen) atoms. The van der Waals surface area contributed by atoms with Crippen molar-refractivity contribution in [3.8, 4) is 6.07 Å². The van der Waals surface area contributed by atoms with Crippen LogP contribution >= 0.6 is 0 Å². The van der Waals surface area contributed by atoms with Crippen molar-refractivity contribution < 1.29 is 14.7 Å². The van der Waals surface area contributed by atoms with Gasteiger partial charge < -0.3 is 20.2 Å². The lowest BCUT2D eigenvalue weighted by Crippen LogP contribution is -2.38. The first-order valence-electron chi connectivity index (χ1n) is 8.21. The van der Waals surface area contributed by atoms with Gasteiger partial charge in [0.05, 0.1) is 0 Å².